The molecule has 0 aliphatic carbocycles. The van der Waals surface area contributed by atoms with Gasteiger partial charge in [-0.25, -0.2) is 0 Å². The zero-order valence-corrected chi connectivity index (χ0v) is 12.5. The third-order valence-electron chi connectivity index (χ3n) is 2.98. The number of hydrogen-bond donors (Lipinski definition) is 1. The average Bonchev–Trinajstić information content (AvgIpc) is 3.19. The van der Waals surface area contributed by atoms with Crippen LogP contribution in [0.15, 0.2) is 46.3 Å². The van der Waals surface area contributed by atoms with Gasteiger partial charge in [-0.15, -0.1) is 11.3 Å². The highest BCUT2D eigenvalue weighted by Crippen LogP contribution is 2.25. The molecule has 0 radical (unpaired) electrons. The van der Waals surface area contributed by atoms with E-state index in [0.717, 1.165) is 4.88 Å². The Labute approximate surface area is 130 Å². The van der Waals surface area contributed by atoms with E-state index in [1.807, 2.05) is 24.4 Å². The van der Waals surface area contributed by atoms with Crippen LogP contribution < -0.4 is 10.5 Å². The first-order valence-electron chi connectivity index (χ1n) is 6.57. The molecular weight excluding hydrogens is 302 g/mol. The van der Waals surface area contributed by atoms with Crippen molar-refractivity contribution in [2.24, 2.45) is 5.73 Å². The number of amides is 1. The molecule has 6 nitrogen and oxygen atoms in total. The minimum Gasteiger partial charge on any atom is -0.481 e. The molecule has 0 fully saturated rings. The fourth-order valence-electron chi connectivity index (χ4n) is 1.86. The van der Waals surface area contributed by atoms with Crippen LogP contribution >= 0.6 is 11.3 Å². The highest BCUT2D eigenvalue weighted by atomic mass is 32.1. The van der Waals surface area contributed by atoms with Gasteiger partial charge in [0.25, 0.3) is 5.89 Å². The van der Waals surface area contributed by atoms with Crippen LogP contribution in [0.25, 0.3) is 10.7 Å². The number of nitrogens with zero attached hydrogens (tertiary/aromatic N) is 2. The summed E-state index contributed by atoms with van der Waals surface area (Å²) in [5.74, 6) is 1.05. The van der Waals surface area contributed by atoms with Crippen molar-refractivity contribution < 1.29 is 14.1 Å². The standard InChI is InChI=1S/C15H13N3O3S/c1-9(20-11-6-4-10(5-7-11)13(16)19)15-17-14(18-21-15)12-3-2-8-22-12/h2-9H,1H3,(H2,16,19)/t9-/m1/s1. The summed E-state index contributed by atoms with van der Waals surface area (Å²) in [6.07, 6.45) is -0.402. The number of carbonyl (C=O) groups excluding carboxylic acids is 1. The maximum Gasteiger partial charge on any atom is 0.267 e. The number of thiophene rings is 1. The Kier molecular flexibility index (Phi) is 3.88. The summed E-state index contributed by atoms with van der Waals surface area (Å²) < 4.78 is 11.0. The summed E-state index contributed by atoms with van der Waals surface area (Å²) in [5.41, 5.74) is 5.62. The number of carbonyl (C=O) groups is 1. The lowest BCUT2D eigenvalue weighted by atomic mass is 10.2. The molecule has 1 atom stereocenters. The predicted molar refractivity (Wildman–Crippen MR) is 81.6 cm³/mol. The smallest absolute Gasteiger partial charge is 0.267 e. The fourth-order valence-corrected chi connectivity index (χ4v) is 2.51. The van der Waals surface area contributed by atoms with Gasteiger partial charge in [0, 0.05) is 5.56 Å². The van der Waals surface area contributed by atoms with Gasteiger partial charge < -0.3 is 15.0 Å². The van der Waals surface area contributed by atoms with Gasteiger partial charge in [-0.05, 0) is 42.6 Å². The van der Waals surface area contributed by atoms with E-state index in [4.69, 9.17) is 15.0 Å². The second-order valence-corrected chi connectivity index (χ2v) is 5.53. The van der Waals surface area contributed by atoms with Crippen molar-refractivity contribution in [2.45, 2.75) is 13.0 Å². The summed E-state index contributed by atoms with van der Waals surface area (Å²) in [5, 5.41) is 5.89. The molecule has 3 aromatic rings. The molecule has 2 N–H and O–H groups in total. The summed E-state index contributed by atoms with van der Waals surface area (Å²) in [4.78, 5) is 16.3. The van der Waals surface area contributed by atoms with Crippen molar-refractivity contribution in [1.82, 2.24) is 10.1 Å². The van der Waals surface area contributed by atoms with Crippen molar-refractivity contribution in [3.8, 4) is 16.5 Å². The van der Waals surface area contributed by atoms with E-state index >= 15 is 0 Å². The van der Waals surface area contributed by atoms with Gasteiger partial charge in [0.15, 0.2) is 6.10 Å². The number of hydrogen-bond acceptors (Lipinski definition) is 6. The van der Waals surface area contributed by atoms with Crippen molar-refractivity contribution >= 4 is 17.2 Å². The molecule has 1 aromatic carbocycles. The van der Waals surface area contributed by atoms with Crippen molar-refractivity contribution in [3.05, 3.63) is 53.2 Å². The van der Waals surface area contributed by atoms with E-state index in [1.165, 1.54) is 11.3 Å². The second kappa shape index (κ2) is 5.98. The summed E-state index contributed by atoms with van der Waals surface area (Å²) >= 11 is 1.54. The van der Waals surface area contributed by atoms with Gasteiger partial charge >= 0.3 is 0 Å². The molecule has 22 heavy (non-hydrogen) atoms. The number of rotatable bonds is 5. The first-order valence-corrected chi connectivity index (χ1v) is 7.45. The quantitative estimate of drug-likeness (QED) is 0.781. The monoisotopic (exact) mass is 315 g/mol. The predicted octanol–water partition coefficient (Wildman–Crippen LogP) is 3.04. The zero-order chi connectivity index (χ0) is 15.5. The first-order chi connectivity index (χ1) is 10.6. The molecule has 7 heteroatoms. The van der Waals surface area contributed by atoms with Gasteiger partial charge in [0.05, 0.1) is 4.88 Å². The lowest BCUT2D eigenvalue weighted by Gasteiger charge is -2.10. The summed E-state index contributed by atoms with van der Waals surface area (Å²) in [7, 11) is 0. The summed E-state index contributed by atoms with van der Waals surface area (Å²) in [6.45, 7) is 1.81. The van der Waals surface area contributed by atoms with Crippen LogP contribution in [0.5, 0.6) is 5.75 Å². The number of primary amides is 1. The molecule has 3 rings (SSSR count). The zero-order valence-electron chi connectivity index (χ0n) is 11.7. The Bertz CT molecular complexity index is 766. The molecule has 0 aliphatic rings. The van der Waals surface area contributed by atoms with Crippen molar-refractivity contribution in [3.63, 3.8) is 0 Å². The van der Waals surface area contributed by atoms with Crippen LogP contribution in [0, 0.1) is 0 Å². The van der Waals surface area contributed by atoms with E-state index in [1.54, 1.807) is 24.3 Å². The largest absolute Gasteiger partial charge is 0.481 e. The number of nitrogens with two attached hydrogens (primary N) is 1. The lowest BCUT2D eigenvalue weighted by Crippen LogP contribution is -2.10. The third-order valence-corrected chi connectivity index (χ3v) is 3.85. The van der Waals surface area contributed by atoms with Crippen LogP contribution in [0.3, 0.4) is 0 Å². The van der Waals surface area contributed by atoms with Crippen molar-refractivity contribution in [2.75, 3.05) is 0 Å². The van der Waals surface area contributed by atoms with Crippen LogP contribution in [0.2, 0.25) is 0 Å². The topological polar surface area (TPSA) is 91.2 Å². The number of aromatic nitrogens is 2. The Morgan fingerprint density at radius 1 is 1.32 bits per heavy atom. The van der Waals surface area contributed by atoms with Crippen LogP contribution in [-0.2, 0) is 0 Å². The minimum absolute atomic E-state index is 0.391. The summed E-state index contributed by atoms with van der Waals surface area (Å²) in [6, 6.07) is 10.4. The van der Waals surface area contributed by atoms with Crippen LogP contribution in [-0.4, -0.2) is 16.0 Å². The van der Waals surface area contributed by atoms with Crippen LogP contribution in [0.1, 0.15) is 29.3 Å². The highest BCUT2D eigenvalue weighted by molar-refractivity contribution is 7.13. The Morgan fingerprint density at radius 2 is 2.09 bits per heavy atom. The maximum atomic E-state index is 11.0. The molecule has 0 saturated heterocycles. The Hall–Kier alpha value is -2.67. The molecule has 112 valence electrons. The van der Waals surface area contributed by atoms with Gasteiger partial charge in [-0.2, -0.15) is 4.98 Å². The van der Waals surface area contributed by atoms with E-state index in [-0.39, 0.29) is 0 Å². The molecule has 0 aliphatic heterocycles. The Morgan fingerprint density at radius 3 is 2.73 bits per heavy atom. The average molecular weight is 315 g/mol. The van der Waals surface area contributed by atoms with Gasteiger partial charge in [0.2, 0.25) is 11.7 Å². The van der Waals surface area contributed by atoms with Gasteiger partial charge in [-0.1, -0.05) is 11.2 Å². The molecule has 0 saturated carbocycles. The molecule has 1 amide bonds. The van der Waals surface area contributed by atoms with E-state index in [9.17, 15) is 4.79 Å². The third kappa shape index (κ3) is 2.99. The van der Waals surface area contributed by atoms with Crippen LogP contribution in [0.4, 0.5) is 0 Å². The van der Waals surface area contributed by atoms with Crippen molar-refractivity contribution in [1.29, 1.82) is 0 Å². The molecule has 2 aromatic heterocycles. The number of benzene rings is 1. The fraction of sp³-hybridized carbons (Fsp3) is 0.133. The molecular formula is C15H13N3O3S. The maximum absolute atomic E-state index is 11.0. The minimum atomic E-state index is -0.475. The lowest BCUT2D eigenvalue weighted by molar-refractivity contribution is 0.1000. The van der Waals surface area contributed by atoms with E-state index in [2.05, 4.69) is 10.1 Å². The highest BCUT2D eigenvalue weighted by Gasteiger charge is 2.17. The van der Waals surface area contributed by atoms with Gasteiger partial charge in [-0.3, -0.25) is 4.79 Å². The molecule has 0 unspecified atom stereocenters. The first kappa shape index (κ1) is 14.3. The molecule has 2 heterocycles. The molecule has 0 spiro atoms. The second-order valence-electron chi connectivity index (χ2n) is 4.58. The van der Waals surface area contributed by atoms with Gasteiger partial charge in [0.1, 0.15) is 5.75 Å². The normalized spacial score (nSPS) is 12.0. The van der Waals surface area contributed by atoms with E-state index < -0.39 is 12.0 Å². The molecule has 0 bridgehead atoms. The number of ether oxygens (including phenoxy) is 1. The Balaban J connectivity index is 1.71. The SMILES string of the molecule is C[C@@H](Oc1ccc(C(N)=O)cc1)c1nc(-c2cccs2)no1. The van der Waals surface area contributed by atoms with E-state index in [0.29, 0.717) is 23.0 Å².